The molecule has 6 heteroatoms. The fourth-order valence-corrected chi connectivity index (χ4v) is 4.56. The van der Waals surface area contributed by atoms with Crippen LogP contribution in [-0.2, 0) is 17.8 Å². The van der Waals surface area contributed by atoms with Crippen LogP contribution >= 0.6 is 0 Å². The zero-order valence-corrected chi connectivity index (χ0v) is 19.1. The van der Waals surface area contributed by atoms with E-state index >= 15 is 0 Å². The number of piperidine rings is 1. The predicted octanol–water partition coefficient (Wildman–Crippen LogP) is 4.34. The number of carbonyl (C=O) groups excluding carboxylic acids is 1. The molecule has 3 aromatic rings. The molecule has 3 heterocycles. The van der Waals surface area contributed by atoms with Gasteiger partial charge in [-0.05, 0) is 30.9 Å². The number of nitrogens with zero attached hydrogens (tertiary/aromatic N) is 4. The molecule has 33 heavy (non-hydrogen) atoms. The van der Waals surface area contributed by atoms with Crippen molar-refractivity contribution < 1.29 is 9.53 Å². The number of rotatable bonds is 5. The summed E-state index contributed by atoms with van der Waals surface area (Å²) in [7, 11) is 0. The minimum atomic E-state index is -0.00476. The Morgan fingerprint density at radius 3 is 2.39 bits per heavy atom. The van der Waals surface area contributed by atoms with Gasteiger partial charge >= 0.3 is 0 Å². The van der Waals surface area contributed by atoms with E-state index in [0.29, 0.717) is 18.8 Å². The minimum Gasteiger partial charge on any atom is -0.484 e. The van der Waals surface area contributed by atoms with Crippen molar-refractivity contribution in [1.82, 2.24) is 14.9 Å². The molecule has 0 saturated carbocycles. The van der Waals surface area contributed by atoms with Crippen molar-refractivity contribution in [3.8, 4) is 17.1 Å². The molecule has 1 amide bonds. The molecule has 1 aromatic heterocycles. The van der Waals surface area contributed by atoms with Gasteiger partial charge in [-0.25, -0.2) is 9.97 Å². The lowest BCUT2D eigenvalue weighted by Gasteiger charge is -2.36. The molecule has 0 aliphatic carbocycles. The van der Waals surface area contributed by atoms with Crippen LogP contribution in [0, 0.1) is 5.92 Å². The largest absolute Gasteiger partial charge is 0.484 e. The van der Waals surface area contributed by atoms with Crippen LogP contribution in [-0.4, -0.2) is 47.0 Å². The highest BCUT2D eigenvalue weighted by molar-refractivity contribution is 5.78. The summed E-state index contributed by atoms with van der Waals surface area (Å²) in [5.41, 5.74) is 3.18. The number of amides is 1. The quantitative estimate of drug-likeness (QED) is 0.588. The topological polar surface area (TPSA) is 58.6 Å². The average Bonchev–Trinajstić information content (AvgIpc) is 2.88. The Morgan fingerprint density at radius 1 is 0.970 bits per heavy atom. The molecule has 0 spiro atoms. The first-order chi connectivity index (χ1) is 16.2. The third-order valence-electron chi connectivity index (χ3n) is 6.61. The van der Waals surface area contributed by atoms with Gasteiger partial charge in [0.15, 0.2) is 12.4 Å². The van der Waals surface area contributed by atoms with Crippen molar-refractivity contribution in [2.24, 2.45) is 5.92 Å². The molecule has 6 nitrogen and oxygen atoms in total. The second kappa shape index (κ2) is 9.61. The van der Waals surface area contributed by atoms with Crippen LogP contribution in [0.4, 0.5) is 5.82 Å². The highest BCUT2D eigenvalue weighted by atomic mass is 16.5. The number of ether oxygens (including phenoxy) is 1. The summed E-state index contributed by atoms with van der Waals surface area (Å²) in [5.74, 6) is 3.21. The van der Waals surface area contributed by atoms with Gasteiger partial charge in [0, 0.05) is 37.2 Å². The van der Waals surface area contributed by atoms with Gasteiger partial charge in [-0.2, -0.15) is 0 Å². The molecule has 170 valence electrons. The number of hydrogen-bond donors (Lipinski definition) is 0. The van der Waals surface area contributed by atoms with E-state index in [9.17, 15) is 4.79 Å². The van der Waals surface area contributed by atoms with E-state index in [1.54, 1.807) is 0 Å². The molecule has 2 aliphatic heterocycles. The smallest absolute Gasteiger partial charge is 0.260 e. The van der Waals surface area contributed by atoms with Crippen molar-refractivity contribution in [2.45, 2.75) is 32.7 Å². The predicted molar refractivity (Wildman–Crippen MR) is 129 cm³/mol. The third kappa shape index (κ3) is 4.85. The lowest BCUT2D eigenvalue weighted by molar-refractivity contribution is -0.134. The second-order valence-corrected chi connectivity index (χ2v) is 9.00. The first-order valence-corrected chi connectivity index (χ1v) is 11.8. The molecule has 1 saturated heterocycles. The lowest BCUT2D eigenvalue weighted by atomic mass is 9.98. The Morgan fingerprint density at radius 2 is 1.67 bits per heavy atom. The van der Waals surface area contributed by atoms with Gasteiger partial charge in [-0.1, -0.05) is 55.5 Å². The second-order valence-electron chi connectivity index (χ2n) is 9.00. The molecular weight excluding hydrogens is 412 g/mol. The summed E-state index contributed by atoms with van der Waals surface area (Å²) in [6, 6.07) is 19.7. The van der Waals surface area contributed by atoms with Gasteiger partial charge in [-0.15, -0.1) is 0 Å². The van der Waals surface area contributed by atoms with E-state index in [4.69, 9.17) is 14.7 Å². The highest BCUT2D eigenvalue weighted by Gasteiger charge is 2.29. The number of benzene rings is 2. The summed E-state index contributed by atoms with van der Waals surface area (Å²) < 4.78 is 5.71. The summed E-state index contributed by atoms with van der Waals surface area (Å²) in [6.45, 7) is 5.51. The zero-order chi connectivity index (χ0) is 22.6. The van der Waals surface area contributed by atoms with E-state index in [0.717, 1.165) is 66.7 Å². The molecule has 2 aliphatic rings. The normalized spacial score (nSPS) is 16.4. The van der Waals surface area contributed by atoms with Crippen molar-refractivity contribution in [3.63, 3.8) is 0 Å². The Kier molecular flexibility index (Phi) is 6.24. The average molecular weight is 443 g/mol. The fourth-order valence-electron chi connectivity index (χ4n) is 4.56. The lowest BCUT2D eigenvalue weighted by Crippen LogP contribution is -2.41. The summed E-state index contributed by atoms with van der Waals surface area (Å²) in [6.07, 6.45) is 3.05. The van der Waals surface area contributed by atoms with Gasteiger partial charge < -0.3 is 14.5 Å². The Hall–Kier alpha value is -3.41. The Labute approximate surface area is 195 Å². The summed E-state index contributed by atoms with van der Waals surface area (Å²) in [4.78, 5) is 27.2. The van der Waals surface area contributed by atoms with Gasteiger partial charge in [0.2, 0.25) is 0 Å². The molecular formula is C27H30N4O2. The number of hydrogen-bond acceptors (Lipinski definition) is 5. The van der Waals surface area contributed by atoms with Crippen LogP contribution in [0.5, 0.6) is 5.75 Å². The monoisotopic (exact) mass is 442 g/mol. The molecule has 0 N–H and O–H groups in total. The third-order valence-corrected chi connectivity index (χ3v) is 6.61. The van der Waals surface area contributed by atoms with Crippen LogP contribution in [0.3, 0.4) is 0 Å². The van der Waals surface area contributed by atoms with Gasteiger partial charge in [-0.3, -0.25) is 4.79 Å². The minimum absolute atomic E-state index is 0.00476. The van der Waals surface area contributed by atoms with Crippen LogP contribution in [0.25, 0.3) is 11.4 Å². The molecule has 0 radical (unpaired) electrons. The number of fused-ring (bicyclic) bond motifs is 1. The molecule has 1 fully saturated rings. The number of aromatic nitrogens is 2. The van der Waals surface area contributed by atoms with Crippen molar-refractivity contribution in [2.75, 3.05) is 31.1 Å². The fraction of sp³-hybridized carbons (Fsp3) is 0.370. The Balaban J connectivity index is 1.40. The van der Waals surface area contributed by atoms with Crippen LogP contribution in [0.1, 0.15) is 31.0 Å². The molecule has 5 rings (SSSR count). The van der Waals surface area contributed by atoms with E-state index in [1.165, 1.54) is 0 Å². The van der Waals surface area contributed by atoms with E-state index in [2.05, 4.69) is 24.0 Å². The zero-order valence-electron chi connectivity index (χ0n) is 19.1. The van der Waals surface area contributed by atoms with Crippen molar-refractivity contribution in [3.05, 3.63) is 71.9 Å². The number of para-hydroxylation sites is 1. The number of carbonyl (C=O) groups is 1. The molecule has 2 aromatic carbocycles. The van der Waals surface area contributed by atoms with E-state index in [1.807, 2.05) is 53.4 Å². The summed E-state index contributed by atoms with van der Waals surface area (Å²) in [5, 5.41) is 0. The first-order valence-electron chi connectivity index (χ1n) is 11.8. The van der Waals surface area contributed by atoms with E-state index < -0.39 is 0 Å². The van der Waals surface area contributed by atoms with Crippen molar-refractivity contribution in [1.29, 1.82) is 0 Å². The van der Waals surface area contributed by atoms with Gasteiger partial charge in [0.1, 0.15) is 11.6 Å². The molecule has 0 bridgehead atoms. The van der Waals surface area contributed by atoms with Gasteiger partial charge in [0.05, 0.1) is 12.2 Å². The molecule has 0 atom stereocenters. The first kappa shape index (κ1) is 21.4. The summed E-state index contributed by atoms with van der Waals surface area (Å²) >= 11 is 0. The highest BCUT2D eigenvalue weighted by Crippen LogP contribution is 2.32. The maximum Gasteiger partial charge on any atom is 0.260 e. The van der Waals surface area contributed by atoms with Crippen LogP contribution in [0.2, 0.25) is 0 Å². The van der Waals surface area contributed by atoms with Crippen LogP contribution in [0.15, 0.2) is 60.7 Å². The van der Waals surface area contributed by atoms with E-state index in [-0.39, 0.29) is 12.5 Å². The maximum atomic E-state index is 12.9. The maximum absolute atomic E-state index is 12.9. The SMILES string of the molecule is CC1CCN(c2nc(-c3ccccc3)nc3c2CN(C(=O)COc2ccccc2)CC3)CC1. The number of anilines is 1. The standard InChI is InChI=1S/C27H30N4O2/c1-20-12-15-30(16-13-20)27-23-18-31(25(32)19-33-22-10-6-3-7-11-22)17-14-24(23)28-26(29-27)21-8-4-2-5-9-21/h2-11,20H,12-19H2,1H3. The van der Waals surface area contributed by atoms with Crippen molar-refractivity contribution >= 4 is 11.7 Å². The molecule has 0 unspecified atom stereocenters. The van der Waals surface area contributed by atoms with Gasteiger partial charge in [0.25, 0.3) is 5.91 Å². The van der Waals surface area contributed by atoms with Crippen LogP contribution < -0.4 is 9.64 Å². The Bertz CT molecular complexity index is 1100.